The van der Waals surface area contributed by atoms with Crippen molar-refractivity contribution in [1.82, 2.24) is 0 Å². The Morgan fingerprint density at radius 3 is 0.926 bits per heavy atom. The molecule has 9 atom stereocenters. The highest BCUT2D eigenvalue weighted by Crippen LogP contribution is 2.64. The molecule has 25 heteroatoms. The fourth-order valence-electron chi connectivity index (χ4n) is 16.9. The van der Waals surface area contributed by atoms with Gasteiger partial charge in [0.25, 0.3) is 36.8 Å². The number of para-hydroxylation sites is 6. The molecule has 7 aliphatic heterocycles. The highest BCUT2D eigenvalue weighted by molar-refractivity contribution is 7.69. The van der Waals surface area contributed by atoms with Gasteiger partial charge in [0, 0.05) is 46.7 Å². The number of phenols is 2. The Labute approximate surface area is 796 Å². The standard InChI is InChI=1S/C27H31O3P.C19H15O4P.C19H15O2P.C15H15O4P.2C13H11O2P.C3H6O2.2CH4/c1-26(2,3)21-15-18(16-22(25(21)28)27(4,5)6)17-31(29)24-14-10-8-12-20(24)19-11-7-9-13-23(19)30-31;20-14-11-9-13(10-12-14)19(21)24(22)18-8-4-2-6-16(18)15-5-1-3-7-17(15)23-24;20-22(14-15-8-2-1-3-9-15)19-13-7-5-11-17(19)16-10-4-6-12-18(16)21-22;16-9-11(17)10-20(18)15-8-4-2-6-13(15)12-5-1-3-7-14(12)19-20;2*1-16(14)13-9-5-3-7-11(13)10-6-2-4-8-12(10)15-16;4-1-3-2-5-3;;/h7-16,28H,17H2,1-6H3;1-12,19-21H;1-13H,14H2;1-8,11,16-17H,9-10H2;2*2-9H,1H3;3-4H,1-2H2;2*1H4. The summed E-state index contributed by atoms with van der Waals surface area (Å²) in [7, 11) is -18.4. The van der Waals surface area contributed by atoms with Gasteiger partial charge in [0.15, 0.2) is 5.85 Å². The molecule has 19 nitrogen and oxygen atoms in total. The van der Waals surface area contributed by atoms with Crippen molar-refractivity contribution in [1.29, 1.82) is 0 Å². The first-order valence-electron chi connectivity index (χ1n) is 43.9. The summed E-state index contributed by atoms with van der Waals surface area (Å²) >= 11 is 0. The van der Waals surface area contributed by atoms with Crippen LogP contribution < -0.4 is 59.0 Å². The normalized spacial score (nSPS) is 20.2. The van der Waals surface area contributed by atoms with Crippen molar-refractivity contribution in [2.45, 2.75) is 97.6 Å². The van der Waals surface area contributed by atoms with Crippen LogP contribution >= 0.6 is 44.2 Å². The molecule has 0 amide bonds. The molecule has 0 spiro atoms. The van der Waals surface area contributed by atoms with Crippen molar-refractivity contribution >= 4 is 76.0 Å². The first-order valence-corrected chi connectivity index (χ1v) is 55.2. The van der Waals surface area contributed by atoms with Crippen molar-refractivity contribution in [2.24, 2.45) is 0 Å². The maximum absolute atomic E-state index is 14.3. The zero-order valence-corrected chi connectivity index (χ0v) is 80.6. The van der Waals surface area contributed by atoms with Crippen LogP contribution in [0, 0.1) is 0 Å². The van der Waals surface area contributed by atoms with Crippen LogP contribution in [0.1, 0.15) is 90.1 Å². The van der Waals surface area contributed by atoms with E-state index in [1.165, 1.54) is 12.1 Å². The summed E-state index contributed by atoms with van der Waals surface area (Å²) in [4.78, 5) is 0. The van der Waals surface area contributed by atoms with Gasteiger partial charge in [-0.25, -0.2) is 0 Å². The van der Waals surface area contributed by atoms with Gasteiger partial charge in [-0.05, 0) is 157 Å². The molecule has 7 aliphatic rings. The highest BCUT2D eigenvalue weighted by atomic mass is 31.2. The van der Waals surface area contributed by atoms with E-state index in [4.69, 9.17) is 37.4 Å². The number of benzene rings is 15. The van der Waals surface area contributed by atoms with Crippen LogP contribution in [0.15, 0.2) is 358 Å². The van der Waals surface area contributed by atoms with E-state index in [9.17, 15) is 47.8 Å². The molecule has 6 N–H and O–H groups in total. The van der Waals surface area contributed by atoms with Crippen LogP contribution in [0.3, 0.4) is 0 Å². The van der Waals surface area contributed by atoms with Gasteiger partial charge in [-0.3, -0.25) is 27.4 Å². The second-order valence-corrected chi connectivity index (χ2v) is 49.5. The van der Waals surface area contributed by atoms with Crippen molar-refractivity contribution in [3.8, 4) is 113 Å². The molecule has 1 saturated heterocycles. The molecule has 700 valence electrons. The van der Waals surface area contributed by atoms with Crippen molar-refractivity contribution in [3.05, 3.63) is 386 Å². The number of aliphatic hydroxyl groups is 4. The van der Waals surface area contributed by atoms with Crippen molar-refractivity contribution in [3.63, 3.8) is 0 Å². The Kier molecular flexibility index (Phi) is 30.4. The van der Waals surface area contributed by atoms with Crippen molar-refractivity contribution in [2.75, 3.05) is 39.3 Å². The Hall–Kier alpha value is -12.1. The molecule has 1 fully saturated rings. The molecule has 136 heavy (non-hydrogen) atoms. The van der Waals surface area contributed by atoms with E-state index in [1.54, 1.807) is 61.9 Å². The minimum absolute atomic E-state index is 0. The number of aliphatic hydroxyl groups excluding tert-OH is 4. The molecule has 0 saturated carbocycles. The molecule has 0 aliphatic carbocycles. The number of phenolic OH excluding ortho intramolecular Hbond substituents is 2. The number of epoxide rings is 1. The lowest BCUT2D eigenvalue weighted by molar-refractivity contribution is 0.111. The van der Waals surface area contributed by atoms with Crippen LogP contribution in [0.4, 0.5) is 0 Å². The molecule has 0 bridgehead atoms. The Balaban J connectivity index is 0.000000130. The molecule has 7 heterocycles. The van der Waals surface area contributed by atoms with E-state index in [-0.39, 0.29) is 56.5 Å². The molecule has 15 aromatic carbocycles. The number of hydrogen-bond donors (Lipinski definition) is 6. The second-order valence-electron chi connectivity index (χ2n) is 35.4. The average molecular weight is 1940 g/mol. The van der Waals surface area contributed by atoms with Gasteiger partial charge in [-0.2, -0.15) is 0 Å². The SMILES string of the molecule is C.C.CC(C)(C)c1cc(CP2(=O)Oc3ccccc3-c3ccccc32)cc(C(C)(C)C)c1O.CP1(=O)Oc2ccccc2-c2ccccc21.CP1(=O)Oc2ccccc2-c2ccccc21.O=P1(C(O)c2ccc(O)cc2)Oc2ccccc2-c2ccccc21.O=P1(CC(O)CO)Oc2ccccc2-c2ccccc21.O=P1(Cc2ccccc2)Oc2ccccc2-c2ccccc21.OCC1CO1. The van der Waals surface area contributed by atoms with E-state index >= 15 is 0 Å². The van der Waals surface area contributed by atoms with Gasteiger partial charge >= 0.3 is 7.37 Å². The van der Waals surface area contributed by atoms with Crippen LogP contribution in [0.2, 0.25) is 0 Å². The third-order valence-corrected chi connectivity index (χ3v) is 36.9. The van der Waals surface area contributed by atoms with Gasteiger partial charge in [-0.15, -0.1) is 0 Å². The summed E-state index contributed by atoms with van der Waals surface area (Å²) in [6, 6.07) is 111. The molecular weight excluding hydrogens is 1820 g/mol. The largest absolute Gasteiger partial charge is 0.508 e. The van der Waals surface area contributed by atoms with Crippen LogP contribution in [-0.4, -0.2) is 82.2 Å². The summed E-state index contributed by atoms with van der Waals surface area (Å²) in [5.74, 6) is 2.96. The topological polar surface area (TPSA) is 292 Å². The molecule has 0 aromatic heterocycles. The highest BCUT2D eigenvalue weighted by Gasteiger charge is 2.45. The molecular formula is C111H112O19P6. The van der Waals surface area contributed by atoms with Gasteiger partial charge in [-0.1, -0.05) is 329 Å². The summed E-state index contributed by atoms with van der Waals surface area (Å²) in [5, 5.41) is 62.3. The monoisotopic (exact) mass is 1930 g/mol. The molecule has 0 radical (unpaired) electrons. The lowest BCUT2D eigenvalue weighted by Crippen LogP contribution is -2.26. The smallest absolute Gasteiger partial charge is 0.310 e. The Morgan fingerprint density at radius 1 is 0.324 bits per heavy atom. The minimum atomic E-state index is -3.59. The fraction of sp³-hybridized carbons (Fsp3) is 0.189. The van der Waals surface area contributed by atoms with Crippen LogP contribution in [0.25, 0.3) is 66.8 Å². The van der Waals surface area contributed by atoms with E-state index < -0.39 is 62.8 Å². The predicted octanol–water partition coefficient (Wildman–Crippen LogP) is 25.3. The summed E-state index contributed by atoms with van der Waals surface area (Å²) < 4.78 is 119. The first-order chi connectivity index (χ1) is 64.2. The van der Waals surface area contributed by atoms with Gasteiger partial charge in [0.2, 0.25) is 0 Å². The first kappa shape index (κ1) is 99.8. The van der Waals surface area contributed by atoms with Gasteiger partial charge in [0.05, 0.1) is 76.2 Å². The summed E-state index contributed by atoms with van der Waals surface area (Å²) in [5.41, 5.74) is 15.1. The van der Waals surface area contributed by atoms with Crippen LogP contribution in [0.5, 0.6) is 46.0 Å². The number of hydrogen-bond acceptors (Lipinski definition) is 19. The zero-order chi connectivity index (χ0) is 94.5. The average Bonchev–Trinajstić information content (AvgIpc) is 0.808. The van der Waals surface area contributed by atoms with Gasteiger partial charge in [0.1, 0.15) is 52.1 Å². The van der Waals surface area contributed by atoms with Gasteiger partial charge < -0.3 is 62.5 Å². The fourth-order valence-corrected chi connectivity index (χ4v) is 29.5. The molecule has 9 unspecified atom stereocenters. The number of rotatable bonds is 10. The lowest BCUT2D eigenvalue weighted by atomic mass is 9.78. The van der Waals surface area contributed by atoms with Crippen LogP contribution in [-0.2, 0) is 55.3 Å². The Morgan fingerprint density at radius 2 is 0.596 bits per heavy atom. The van der Waals surface area contributed by atoms with E-state index in [1.807, 2.05) is 297 Å². The summed E-state index contributed by atoms with van der Waals surface area (Å²) in [6.45, 7) is 16.4. The second kappa shape index (κ2) is 41.4. The third kappa shape index (κ3) is 21.5. The van der Waals surface area contributed by atoms with E-state index in [2.05, 4.69) is 46.3 Å². The summed E-state index contributed by atoms with van der Waals surface area (Å²) in [6.07, 6.45) is -0.257. The molecule has 15 aromatic rings. The number of fused-ring (bicyclic) bond motifs is 18. The third-order valence-electron chi connectivity index (χ3n) is 23.5. The number of aromatic hydroxyl groups is 2. The van der Waals surface area contributed by atoms with Crippen molar-refractivity contribution < 1.29 is 89.9 Å². The van der Waals surface area contributed by atoms with E-state index in [0.29, 0.717) is 62.6 Å². The predicted molar refractivity (Wildman–Crippen MR) is 551 cm³/mol. The zero-order valence-electron chi connectivity index (χ0n) is 75.2. The Bertz CT molecular complexity index is 7020. The van der Waals surface area contributed by atoms with E-state index in [0.717, 1.165) is 117 Å². The quantitative estimate of drug-likeness (QED) is 0.0548. The number of ether oxygens (including phenoxy) is 1. The lowest BCUT2D eigenvalue weighted by Gasteiger charge is -2.31. The minimum Gasteiger partial charge on any atom is -0.508 e. The maximum atomic E-state index is 14.3. The molecule has 22 rings (SSSR count). The maximum Gasteiger partial charge on any atom is 0.310 e.